The number of hydrogen-bond donors (Lipinski definition) is 0. The summed E-state index contributed by atoms with van der Waals surface area (Å²) in [4.78, 5) is 14.9. The minimum Gasteiger partial charge on any atom is -0.300 e. The number of anilines is 1. The van der Waals surface area contributed by atoms with Crippen LogP contribution in [0.2, 0.25) is 4.34 Å². The van der Waals surface area contributed by atoms with Gasteiger partial charge in [0.15, 0.2) is 0 Å². The molecule has 0 fully saturated rings. The van der Waals surface area contributed by atoms with E-state index in [-0.39, 0.29) is 11.8 Å². The highest BCUT2D eigenvalue weighted by molar-refractivity contribution is 7.16. The number of aryl methyl sites for hydroxylation is 1. The van der Waals surface area contributed by atoms with Crippen LogP contribution in [-0.2, 0) is 11.8 Å². The molecule has 2 heterocycles. The molecule has 4 nitrogen and oxygen atoms in total. The third-order valence-corrected chi connectivity index (χ3v) is 4.27. The molecular weight excluding hydrogens is 270 g/mol. The Morgan fingerprint density at radius 3 is 2.72 bits per heavy atom. The predicted octanol–water partition coefficient (Wildman–Crippen LogP) is 2.90. The lowest BCUT2D eigenvalue weighted by Crippen LogP contribution is -2.31. The summed E-state index contributed by atoms with van der Waals surface area (Å²) in [5.74, 6) is 0.592. The molecule has 0 aliphatic rings. The minimum absolute atomic E-state index is 0.0251. The fourth-order valence-electron chi connectivity index (χ4n) is 1.78. The summed E-state index contributed by atoms with van der Waals surface area (Å²) < 4.78 is 2.37. The van der Waals surface area contributed by atoms with Gasteiger partial charge in [-0.05, 0) is 19.1 Å². The van der Waals surface area contributed by atoms with Gasteiger partial charge >= 0.3 is 0 Å². The van der Waals surface area contributed by atoms with Crippen LogP contribution in [0.1, 0.15) is 17.7 Å². The van der Waals surface area contributed by atoms with Crippen LogP contribution in [0, 0.1) is 0 Å². The quantitative estimate of drug-likeness (QED) is 0.869. The summed E-state index contributed by atoms with van der Waals surface area (Å²) in [6.45, 7) is 1.89. The standard InChI is InChI=1S/C12H14ClN3OS/c1-8(9-4-5-10(13)18-9)12(17)15(2)11-6-7-14-16(11)3/h4-8H,1-3H3/t8-/m1/s1. The van der Waals surface area contributed by atoms with E-state index in [1.807, 2.05) is 32.2 Å². The molecule has 1 atom stereocenters. The van der Waals surface area contributed by atoms with Crippen LogP contribution in [0.4, 0.5) is 5.82 Å². The molecule has 0 saturated carbocycles. The molecule has 0 unspecified atom stereocenters. The Morgan fingerprint density at radius 1 is 1.50 bits per heavy atom. The number of halogens is 1. The smallest absolute Gasteiger partial charge is 0.235 e. The molecule has 0 spiro atoms. The molecule has 1 amide bonds. The fraction of sp³-hybridized carbons (Fsp3) is 0.333. The highest BCUT2D eigenvalue weighted by atomic mass is 35.5. The molecule has 2 rings (SSSR count). The number of carbonyl (C=O) groups excluding carboxylic acids is 1. The molecule has 0 saturated heterocycles. The van der Waals surface area contributed by atoms with Crippen LogP contribution in [-0.4, -0.2) is 22.7 Å². The maximum atomic E-state index is 12.4. The van der Waals surface area contributed by atoms with Crippen molar-refractivity contribution in [1.29, 1.82) is 0 Å². The van der Waals surface area contributed by atoms with Crippen molar-refractivity contribution in [1.82, 2.24) is 9.78 Å². The Bertz CT molecular complexity index is 563. The molecule has 0 aromatic carbocycles. The monoisotopic (exact) mass is 283 g/mol. The van der Waals surface area contributed by atoms with Crippen molar-refractivity contribution in [3.63, 3.8) is 0 Å². The van der Waals surface area contributed by atoms with Gasteiger partial charge in [0.2, 0.25) is 5.91 Å². The largest absolute Gasteiger partial charge is 0.300 e. The zero-order chi connectivity index (χ0) is 13.3. The molecular formula is C12H14ClN3OS. The first-order chi connectivity index (χ1) is 8.50. The molecule has 18 heavy (non-hydrogen) atoms. The number of aromatic nitrogens is 2. The van der Waals surface area contributed by atoms with E-state index >= 15 is 0 Å². The SMILES string of the molecule is C[C@@H](C(=O)N(C)c1ccnn1C)c1ccc(Cl)s1. The Balaban J connectivity index is 2.19. The molecule has 2 aromatic rings. The molecule has 0 N–H and O–H groups in total. The Kier molecular flexibility index (Phi) is 3.73. The lowest BCUT2D eigenvalue weighted by atomic mass is 10.1. The van der Waals surface area contributed by atoms with Gasteiger partial charge in [-0.15, -0.1) is 11.3 Å². The zero-order valence-electron chi connectivity index (χ0n) is 10.4. The van der Waals surface area contributed by atoms with E-state index in [0.29, 0.717) is 4.34 Å². The maximum absolute atomic E-state index is 12.4. The number of hydrogen-bond acceptors (Lipinski definition) is 3. The minimum atomic E-state index is -0.206. The number of rotatable bonds is 3. The van der Waals surface area contributed by atoms with Crippen LogP contribution in [0.25, 0.3) is 0 Å². The first kappa shape index (κ1) is 13.1. The summed E-state index contributed by atoms with van der Waals surface area (Å²) in [5.41, 5.74) is 0. The molecule has 0 aliphatic carbocycles. The average molecular weight is 284 g/mol. The van der Waals surface area contributed by atoms with Crippen LogP contribution in [0.15, 0.2) is 24.4 Å². The van der Waals surface area contributed by atoms with E-state index in [1.165, 1.54) is 11.3 Å². The van der Waals surface area contributed by atoms with Crippen LogP contribution in [0.5, 0.6) is 0 Å². The van der Waals surface area contributed by atoms with E-state index < -0.39 is 0 Å². The van der Waals surface area contributed by atoms with Gasteiger partial charge in [0.1, 0.15) is 5.82 Å². The lowest BCUT2D eigenvalue weighted by Gasteiger charge is -2.20. The van der Waals surface area contributed by atoms with Crippen molar-refractivity contribution in [2.24, 2.45) is 7.05 Å². The molecule has 0 aliphatic heterocycles. The van der Waals surface area contributed by atoms with E-state index in [1.54, 1.807) is 22.8 Å². The summed E-state index contributed by atoms with van der Waals surface area (Å²) in [6, 6.07) is 5.52. The van der Waals surface area contributed by atoms with Gasteiger partial charge in [-0.1, -0.05) is 11.6 Å². The summed E-state index contributed by atoms with van der Waals surface area (Å²) in [6.07, 6.45) is 1.67. The fourth-order valence-corrected chi connectivity index (χ4v) is 2.89. The average Bonchev–Trinajstić information content (AvgIpc) is 2.95. The van der Waals surface area contributed by atoms with Crippen LogP contribution >= 0.6 is 22.9 Å². The van der Waals surface area contributed by atoms with Crippen molar-refractivity contribution in [3.8, 4) is 0 Å². The van der Waals surface area contributed by atoms with Gasteiger partial charge in [0.25, 0.3) is 0 Å². The van der Waals surface area contributed by atoms with E-state index in [4.69, 9.17) is 11.6 Å². The topological polar surface area (TPSA) is 38.1 Å². The van der Waals surface area contributed by atoms with Gasteiger partial charge in [-0.25, -0.2) is 0 Å². The van der Waals surface area contributed by atoms with Gasteiger partial charge < -0.3 is 0 Å². The first-order valence-corrected chi connectivity index (χ1v) is 6.71. The van der Waals surface area contributed by atoms with E-state index in [2.05, 4.69) is 5.10 Å². The van der Waals surface area contributed by atoms with Gasteiger partial charge in [0.05, 0.1) is 16.5 Å². The predicted molar refractivity (Wildman–Crippen MR) is 74.4 cm³/mol. The molecule has 0 bridgehead atoms. The number of thiophene rings is 1. The first-order valence-electron chi connectivity index (χ1n) is 5.51. The lowest BCUT2D eigenvalue weighted by molar-refractivity contribution is -0.119. The van der Waals surface area contributed by atoms with E-state index in [9.17, 15) is 4.79 Å². The number of nitrogens with zero attached hydrogens (tertiary/aromatic N) is 3. The second kappa shape index (κ2) is 5.12. The third kappa shape index (κ3) is 2.42. The van der Waals surface area contributed by atoms with Gasteiger partial charge in [0, 0.05) is 25.0 Å². The molecule has 6 heteroatoms. The molecule has 2 aromatic heterocycles. The van der Waals surface area contributed by atoms with Crippen molar-refractivity contribution in [2.45, 2.75) is 12.8 Å². The van der Waals surface area contributed by atoms with Crippen molar-refractivity contribution in [3.05, 3.63) is 33.6 Å². The number of likely N-dealkylation sites (N-methyl/N-ethyl adjacent to an activating group) is 1. The van der Waals surface area contributed by atoms with Crippen LogP contribution in [0.3, 0.4) is 0 Å². The summed E-state index contributed by atoms with van der Waals surface area (Å²) >= 11 is 7.33. The second-order valence-electron chi connectivity index (χ2n) is 4.07. The highest BCUT2D eigenvalue weighted by Gasteiger charge is 2.23. The van der Waals surface area contributed by atoms with Crippen LogP contribution < -0.4 is 4.90 Å². The summed E-state index contributed by atoms with van der Waals surface area (Å²) in [5, 5.41) is 4.06. The van der Waals surface area contributed by atoms with Crippen molar-refractivity contribution < 1.29 is 4.79 Å². The maximum Gasteiger partial charge on any atom is 0.235 e. The highest BCUT2D eigenvalue weighted by Crippen LogP contribution is 2.29. The number of carbonyl (C=O) groups is 1. The van der Waals surface area contributed by atoms with Gasteiger partial charge in [-0.3, -0.25) is 14.4 Å². The third-order valence-electron chi connectivity index (χ3n) is 2.86. The Hall–Kier alpha value is -1.33. The van der Waals surface area contributed by atoms with Gasteiger partial charge in [-0.2, -0.15) is 5.10 Å². The molecule has 0 radical (unpaired) electrons. The second-order valence-corrected chi connectivity index (χ2v) is 5.82. The molecule has 96 valence electrons. The Labute approximate surface area is 115 Å². The Morgan fingerprint density at radius 2 is 2.22 bits per heavy atom. The van der Waals surface area contributed by atoms with Crippen molar-refractivity contribution in [2.75, 3.05) is 11.9 Å². The zero-order valence-corrected chi connectivity index (χ0v) is 12.0. The van der Waals surface area contributed by atoms with Crippen molar-refractivity contribution >= 4 is 34.7 Å². The number of amides is 1. The normalized spacial score (nSPS) is 12.4. The summed E-state index contributed by atoms with van der Waals surface area (Å²) in [7, 11) is 3.57. The van der Waals surface area contributed by atoms with E-state index in [0.717, 1.165) is 10.7 Å².